The van der Waals surface area contributed by atoms with Crippen LogP contribution >= 0.6 is 0 Å². The van der Waals surface area contributed by atoms with Gasteiger partial charge in [0.05, 0.1) is 12.7 Å². The topological polar surface area (TPSA) is 36.3 Å². The molecule has 21 heavy (non-hydrogen) atoms. The lowest BCUT2D eigenvalue weighted by Crippen LogP contribution is -2.26. The van der Waals surface area contributed by atoms with Gasteiger partial charge in [0.25, 0.3) is 0 Å². The van der Waals surface area contributed by atoms with Gasteiger partial charge in [-0.25, -0.2) is 0 Å². The minimum Gasteiger partial charge on any atom is -0.381 e. The molecule has 0 amide bonds. The number of ether oxygens (including phenoxy) is 1. The van der Waals surface area contributed by atoms with Crippen molar-refractivity contribution in [1.29, 1.82) is 5.26 Å². The van der Waals surface area contributed by atoms with Crippen molar-refractivity contribution in [3.63, 3.8) is 0 Å². The third kappa shape index (κ3) is 10.1. The molecular weight excluding hydrogens is 260 g/mol. The van der Waals surface area contributed by atoms with Gasteiger partial charge in [-0.05, 0) is 54.1 Å². The highest BCUT2D eigenvalue weighted by molar-refractivity contribution is 5.21. The molecule has 0 rings (SSSR count). The molecule has 0 aliphatic rings. The number of hydrogen-bond donors (Lipinski definition) is 0. The van der Waals surface area contributed by atoms with E-state index in [-0.39, 0.29) is 6.04 Å². The molecule has 0 aromatic heterocycles. The Morgan fingerprint density at radius 1 is 1.19 bits per heavy atom. The Balaban J connectivity index is 4.47. The molecule has 0 fully saturated rings. The van der Waals surface area contributed by atoms with Crippen molar-refractivity contribution in [1.82, 2.24) is 4.90 Å². The van der Waals surface area contributed by atoms with E-state index in [1.54, 1.807) is 7.11 Å². The van der Waals surface area contributed by atoms with Crippen LogP contribution in [-0.2, 0) is 4.74 Å². The lowest BCUT2D eigenvalue weighted by atomic mass is 10.0. The van der Waals surface area contributed by atoms with Crippen LogP contribution in [0.5, 0.6) is 0 Å². The van der Waals surface area contributed by atoms with Crippen LogP contribution in [-0.4, -0.2) is 38.8 Å². The van der Waals surface area contributed by atoms with Crippen LogP contribution in [0.2, 0.25) is 0 Å². The molecule has 1 atom stereocenters. The third-order valence-corrected chi connectivity index (χ3v) is 3.44. The molecule has 0 spiro atoms. The zero-order chi connectivity index (χ0) is 16.3. The third-order valence-electron chi connectivity index (χ3n) is 3.44. The maximum absolute atomic E-state index is 8.91. The molecule has 3 heteroatoms. The zero-order valence-corrected chi connectivity index (χ0v) is 14.4. The highest BCUT2D eigenvalue weighted by Gasteiger charge is 2.09. The molecule has 0 N–H and O–H groups in total. The fraction of sp³-hybridized carbons (Fsp3) is 0.611. The molecular formula is C18H30N2O. The summed E-state index contributed by atoms with van der Waals surface area (Å²) in [6.07, 6.45) is 9.56. The molecule has 0 aliphatic heterocycles. The highest BCUT2D eigenvalue weighted by Crippen LogP contribution is 2.14. The Kier molecular flexibility index (Phi) is 10.6. The van der Waals surface area contributed by atoms with E-state index in [0.29, 0.717) is 6.61 Å². The maximum atomic E-state index is 8.91. The van der Waals surface area contributed by atoms with Crippen LogP contribution in [0, 0.1) is 11.3 Å². The molecule has 0 bridgehead atoms. The average molecular weight is 290 g/mol. The van der Waals surface area contributed by atoms with Gasteiger partial charge in [-0.3, -0.25) is 0 Å². The van der Waals surface area contributed by atoms with Gasteiger partial charge in [0, 0.05) is 18.7 Å². The molecule has 0 aliphatic carbocycles. The molecule has 0 aromatic rings. The van der Waals surface area contributed by atoms with Crippen LogP contribution in [0.15, 0.2) is 34.9 Å². The van der Waals surface area contributed by atoms with E-state index in [2.05, 4.69) is 51.1 Å². The number of allylic oxidation sites excluding steroid dienone is 3. The Labute approximate surface area is 130 Å². The van der Waals surface area contributed by atoms with Crippen LogP contribution in [0.25, 0.3) is 0 Å². The number of methoxy groups -OCH3 is 1. The molecule has 3 nitrogen and oxygen atoms in total. The van der Waals surface area contributed by atoms with E-state index in [1.807, 2.05) is 13.0 Å². The Morgan fingerprint density at radius 2 is 1.86 bits per heavy atom. The van der Waals surface area contributed by atoms with Gasteiger partial charge in [-0.15, -0.1) is 0 Å². The summed E-state index contributed by atoms with van der Waals surface area (Å²) >= 11 is 0. The highest BCUT2D eigenvalue weighted by atomic mass is 16.5. The molecule has 0 saturated heterocycles. The van der Waals surface area contributed by atoms with Crippen molar-refractivity contribution in [2.75, 3.05) is 27.8 Å². The van der Waals surface area contributed by atoms with E-state index in [9.17, 15) is 0 Å². The quantitative estimate of drug-likeness (QED) is 0.474. The van der Waals surface area contributed by atoms with Crippen LogP contribution in [0.1, 0.15) is 40.0 Å². The Hall–Kier alpha value is -1.37. The van der Waals surface area contributed by atoms with Crippen molar-refractivity contribution < 1.29 is 4.74 Å². The van der Waals surface area contributed by atoms with E-state index < -0.39 is 0 Å². The Bertz CT molecular complexity index is 425. The summed E-state index contributed by atoms with van der Waals surface area (Å²) in [6, 6.07) is 2.48. The minimum absolute atomic E-state index is 0.283. The number of nitriles is 1. The van der Waals surface area contributed by atoms with Gasteiger partial charge in [0.2, 0.25) is 0 Å². The lowest BCUT2D eigenvalue weighted by molar-refractivity contribution is 0.233. The van der Waals surface area contributed by atoms with Crippen LogP contribution in [0.3, 0.4) is 0 Å². The van der Waals surface area contributed by atoms with Gasteiger partial charge in [-0.2, -0.15) is 5.26 Å². The molecule has 0 aromatic carbocycles. The molecule has 118 valence electrons. The summed E-state index contributed by atoms with van der Waals surface area (Å²) in [5.74, 6) is 0. The lowest BCUT2D eigenvalue weighted by Gasteiger charge is -2.21. The fourth-order valence-electron chi connectivity index (χ4n) is 2.00. The van der Waals surface area contributed by atoms with Gasteiger partial charge in [-0.1, -0.05) is 29.4 Å². The normalized spacial score (nSPS) is 15.2. The predicted octanol–water partition coefficient (Wildman–Crippen LogP) is 4.10. The Morgan fingerprint density at radius 3 is 2.38 bits per heavy atom. The fourth-order valence-corrected chi connectivity index (χ4v) is 2.00. The molecule has 0 heterocycles. The SMILES string of the molecule is COC/C=C(/C)CC/C=C(/C)CC(/C=C(\C)C#N)N(C)C. The number of rotatable bonds is 9. The van der Waals surface area contributed by atoms with E-state index >= 15 is 0 Å². The first-order valence-electron chi connectivity index (χ1n) is 7.45. The summed E-state index contributed by atoms with van der Waals surface area (Å²) in [5, 5.41) is 8.91. The van der Waals surface area contributed by atoms with Crippen LogP contribution < -0.4 is 0 Å². The predicted molar refractivity (Wildman–Crippen MR) is 90.1 cm³/mol. The summed E-state index contributed by atoms with van der Waals surface area (Å²) in [4.78, 5) is 2.15. The van der Waals surface area contributed by atoms with E-state index in [4.69, 9.17) is 10.00 Å². The average Bonchev–Trinajstić information content (AvgIpc) is 2.43. The van der Waals surface area contributed by atoms with Crippen molar-refractivity contribution in [3.8, 4) is 6.07 Å². The van der Waals surface area contributed by atoms with E-state index in [1.165, 1.54) is 11.1 Å². The van der Waals surface area contributed by atoms with Crippen molar-refractivity contribution in [2.24, 2.45) is 0 Å². The monoisotopic (exact) mass is 290 g/mol. The first-order chi connectivity index (χ1) is 9.90. The number of hydrogen-bond acceptors (Lipinski definition) is 3. The maximum Gasteiger partial charge on any atom is 0.0941 e. The van der Waals surface area contributed by atoms with Gasteiger partial charge >= 0.3 is 0 Å². The zero-order valence-electron chi connectivity index (χ0n) is 14.4. The van der Waals surface area contributed by atoms with Gasteiger partial charge in [0.1, 0.15) is 0 Å². The first-order valence-corrected chi connectivity index (χ1v) is 7.45. The van der Waals surface area contributed by atoms with Crippen molar-refractivity contribution in [3.05, 3.63) is 34.9 Å². The second kappa shape index (κ2) is 11.3. The first kappa shape index (κ1) is 19.6. The van der Waals surface area contributed by atoms with Crippen LogP contribution in [0.4, 0.5) is 0 Å². The second-order valence-electron chi connectivity index (χ2n) is 5.79. The summed E-state index contributed by atoms with van der Waals surface area (Å²) in [5.41, 5.74) is 3.51. The summed E-state index contributed by atoms with van der Waals surface area (Å²) < 4.78 is 5.04. The smallest absolute Gasteiger partial charge is 0.0941 e. The largest absolute Gasteiger partial charge is 0.381 e. The summed E-state index contributed by atoms with van der Waals surface area (Å²) in [6.45, 7) is 6.86. The molecule has 0 saturated carbocycles. The summed E-state index contributed by atoms with van der Waals surface area (Å²) in [7, 11) is 5.82. The standard InChI is InChI=1S/C18H30N2O/c1-15(10-11-21-6)8-7-9-16(2)12-18(20(4)5)13-17(3)14-19/h9-10,13,18H,7-8,11-12H2,1-6H3/b15-10-,16-9-,17-13+. The van der Waals surface area contributed by atoms with Crippen molar-refractivity contribution >= 4 is 0 Å². The molecule has 1 unspecified atom stereocenters. The van der Waals surface area contributed by atoms with Gasteiger partial charge < -0.3 is 9.64 Å². The molecule has 0 radical (unpaired) electrons. The minimum atomic E-state index is 0.283. The van der Waals surface area contributed by atoms with Crippen molar-refractivity contribution in [2.45, 2.75) is 46.1 Å². The second-order valence-corrected chi connectivity index (χ2v) is 5.79. The van der Waals surface area contributed by atoms with Gasteiger partial charge in [0.15, 0.2) is 0 Å². The van der Waals surface area contributed by atoms with E-state index in [0.717, 1.165) is 24.8 Å². The number of nitrogens with zero attached hydrogens (tertiary/aromatic N) is 2. The number of likely N-dealkylation sites (N-methyl/N-ethyl adjacent to an activating group) is 1.